The Morgan fingerprint density at radius 2 is 2.00 bits per heavy atom. The summed E-state index contributed by atoms with van der Waals surface area (Å²) in [4.78, 5) is 0. The van der Waals surface area contributed by atoms with Gasteiger partial charge in [-0.3, -0.25) is 0 Å². The van der Waals surface area contributed by atoms with Crippen LogP contribution in [0.25, 0.3) is 0 Å². The second-order valence-corrected chi connectivity index (χ2v) is 2.95. The van der Waals surface area contributed by atoms with Gasteiger partial charge in [-0.2, -0.15) is 0 Å². The number of rotatable bonds is 1. The molecule has 9 heavy (non-hydrogen) atoms. The van der Waals surface area contributed by atoms with Crippen molar-refractivity contribution in [2.24, 2.45) is 0 Å². The van der Waals surface area contributed by atoms with E-state index in [-0.39, 0.29) is 0 Å². The Bertz CT molecular complexity index is 79.1. The molecule has 1 N–H and O–H groups in total. The second kappa shape index (κ2) is 3.40. The van der Waals surface area contributed by atoms with E-state index < -0.39 is 0 Å². The van der Waals surface area contributed by atoms with Crippen LogP contribution in [0.15, 0.2) is 0 Å². The highest BCUT2D eigenvalue weighted by atomic mass is 35.5. The van der Waals surface area contributed by atoms with E-state index in [2.05, 4.69) is 5.32 Å². The van der Waals surface area contributed by atoms with Gasteiger partial charge < -0.3 is 5.32 Å². The average molecular weight is 149 g/mol. The fourth-order valence-corrected chi connectivity index (χ4v) is 1.33. The highest BCUT2D eigenvalue weighted by Gasteiger charge is 2.14. The molecule has 0 aromatic carbocycles. The molecule has 1 heterocycles. The van der Waals surface area contributed by atoms with Gasteiger partial charge in [-0.1, -0.05) is 0 Å². The molecule has 0 spiro atoms. The Labute approximate surface area is 61.3 Å². The van der Waals surface area contributed by atoms with E-state index in [1.807, 2.05) is 11.5 Å². The van der Waals surface area contributed by atoms with E-state index in [1.165, 1.54) is 12.8 Å². The molecule has 0 amide bonds. The molecular weight excluding hydrogens is 136 g/mol. The third kappa shape index (κ3) is 2.12. The zero-order valence-electron chi connectivity index (χ0n) is 5.73. The molecule has 0 atom stereocenters. The van der Waals surface area contributed by atoms with Crippen LogP contribution < -0.4 is 5.32 Å². The number of hydrogen-bond donors (Lipinski definition) is 1. The van der Waals surface area contributed by atoms with Gasteiger partial charge in [0.05, 0.1) is 0 Å². The predicted octanol–water partition coefficient (Wildman–Crippen LogP) is 0.824. The minimum Gasteiger partial charge on any atom is -0.317 e. The zero-order valence-corrected chi connectivity index (χ0v) is 6.49. The van der Waals surface area contributed by atoms with E-state index >= 15 is 0 Å². The number of piperidine rings is 1. The van der Waals surface area contributed by atoms with Gasteiger partial charge in [0.25, 0.3) is 0 Å². The highest BCUT2D eigenvalue weighted by molar-refractivity contribution is 6.13. The van der Waals surface area contributed by atoms with E-state index in [0.717, 1.165) is 13.1 Å². The third-order valence-electron chi connectivity index (χ3n) is 1.85. The molecule has 3 heteroatoms. The molecule has 1 rings (SSSR count). The van der Waals surface area contributed by atoms with Gasteiger partial charge in [0.2, 0.25) is 0 Å². The Kier molecular flexibility index (Phi) is 2.76. The van der Waals surface area contributed by atoms with Crippen molar-refractivity contribution in [3.8, 4) is 0 Å². The molecule has 1 aliphatic heterocycles. The van der Waals surface area contributed by atoms with Crippen LogP contribution in [-0.2, 0) is 0 Å². The fraction of sp³-hybridized carbons (Fsp3) is 1.00. The maximum Gasteiger partial charge on any atom is 0.0153 e. The van der Waals surface area contributed by atoms with Crippen molar-refractivity contribution in [3.63, 3.8) is 0 Å². The number of hydrogen-bond acceptors (Lipinski definition) is 2. The Morgan fingerprint density at radius 1 is 1.44 bits per heavy atom. The summed E-state index contributed by atoms with van der Waals surface area (Å²) in [6.07, 6.45) is 2.36. The van der Waals surface area contributed by atoms with Gasteiger partial charge in [0.15, 0.2) is 0 Å². The summed E-state index contributed by atoms with van der Waals surface area (Å²) in [7, 11) is 2.01. The van der Waals surface area contributed by atoms with Crippen LogP contribution in [0.4, 0.5) is 0 Å². The van der Waals surface area contributed by atoms with Crippen LogP contribution in [0.2, 0.25) is 0 Å². The fourth-order valence-electron chi connectivity index (χ4n) is 1.14. The lowest BCUT2D eigenvalue weighted by Crippen LogP contribution is -2.37. The molecule has 1 fully saturated rings. The molecule has 0 bridgehead atoms. The van der Waals surface area contributed by atoms with E-state index in [9.17, 15) is 0 Å². The topological polar surface area (TPSA) is 15.3 Å². The Balaban J connectivity index is 2.18. The van der Waals surface area contributed by atoms with E-state index in [1.54, 1.807) is 0 Å². The van der Waals surface area contributed by atoms with Crippen LogP contribution in [0, 0.1) is 0 Å². The van der Waals surface area contributed by atoms with Gasteiger partial charge in [0.1, 0.15) is 0 Å². The van der Waals surface area contributed by atoms with Gasteiger partial charge in [-0.25, -0.2) is 4.42 Å². The molecule has 2 nitrogen and oxygen atoms in total. The monoisotopic (exact) mass is 148 g/mol. The largest absolute Gasteiger partial charge is 0.317 e. The maximum absolute atomic E-state index is 5.74. The lowest BCUT2D eigenvalue weighted by Gasteiger charge is -2.26. The van der Waals surface area contributed by atoms with Crippen LogP contribution in [0.3, 0.4) is 0 Å². The molecule has 0 aliphatic carbocycles. The first kappa shape index (κ1) is 7.32. The molecule has 0 aromatic heterocycles. The molecule has 0 radical (unpaired) electrons. The highest BCUT2D eigenvalue weighted by Crippen LogP contribution is 2.10. The first-order valence-electron chi connectivity index (χ1n) is 3.41. The van der Waals surface area contributed by atoms with Gasteiger partial charge in [-0.05, 0) is 31.7 Å². The minimum absolute atomic E-state index is 0.694. The lowest BCUT2D eigenvalue weighted by atomic mass is 10.1. The normalized spacial score (nSPS) is 24.7. The standard InChI is InChI=1S/C6H13ClN2/c1-8-6-2-4-9(7)5-3-6/h6,8H,2-5H2,1H3. The van der Waals surface area contributed by atoms with Gasteiger partial charge >= 0.3 is 0 Å². The average Bonchev–Trinajstić information content (AvgIpc) is 1.90. The molecule has 1 aliphatic rings. The lowest BCUT2D eigenvalue weighted by molar-refractivity contribution is 0.311. The summed E-state index contributed by atoms with van der Waals surface area (Å²) in [5.41, 5.74) is 0. The molecule has 0 saturated carbocycles. The van der Waals surface area contributed by atoms with Crippen molar-refractivity contribution in [1.29, 1.82) is 0 Å². The third-order valence-corrected chi connectivity index (χ3v) is 2.19. The number of nitrogens with zero attached hydrogens (tertiary/aromatic N) is 1. The van der Waals surface area contributed by atoms with Crippen molar-refractivity contribution in [1.82, 2.24) is 9.74 Å². The van der Waals surface area contributed by atoms with Crippen molar-refractivity contribution in [2.75, 3.05) is 20.1 Å². The summed E-state index contributed by atoms with van der Waals surface area (Å²) >= 11 is 5.74. The summed E-state index contributed by atoms with van der Waals surface area (Å²) in [6.45, 7) is 2.04. The summed E-state index contributed by atoms with van der Waals surface area (Å²) < 4.78 is 1.86. The summed E-state index contributed by atoms with van der Waals surface area (Å²) in [5, 5.41) is 3.24. The molecule has 0 unspecified atom stereocenters. The quantitative estimate of drug-likeness (QED) is 0.554. The van der Waals surface area contributed by atoms with Crippen LogP contribution in [0.1, 0.15) is 12.8 Å². The SMILES string of the molecule is CNC1CCN(Cl)CC1. The van der Waals surface area contributed by atoms with Gasteiger partial charge in [0, 0.05) is 19.1 Å². The Hall–Kier alpha value is 0.210. The first-order chi connectivity index (χ1) is 4.33. The Morgan fingerprint density at radius 3 is 2.44 bits per heavy atom. The maximum atomic E-state index is 5.74. The van der Waals surface area contributed by atoms with E-state index in [4.69, 9.17) is 11.8 Å². The number of halogens is 1. The minimum atomic E-state index is 0.694. The molecule has 1 saturated heterocycles. The zero-order chi connectivity index (χ0) is 6.69. The first-order valence-corrected chi connectivity index (χ1v) is 3.74. The second-order valence-electron chi connectivity index (χ2n) is 2.47. The van der Waals surface area contributed by atoms with E-state index in [0.29, 0.717) is 6.04 Å². The summed E-state index contributed by atoms with van der Waals surface area (Å²) in [5.74, 6) is 0. The molecule has 54 valence electrons. The summed E-state index contributed by atoms with van der Waals surface area (Å²) in [6, 6.07) is 0.694. The van der Waals surface area contributed by atoms with Gasteiger partial charge in [-0.15, -0.1) is 0 Å². The molecule has 0 aromatic rings. The van der Waals surface area contributed by atoms with Crippen molar-refractivity contribution in [2.45, 2.75) is 18.9 Å². The van der Waals surface area contributed by atoms with Crippen LogP contribution in [-0.4, -0.2) is 30.6 Å². The van der Waals surface area contributed by atoms with Crippen LogP contribution in [0.5, 0.6) is 0 Å². The van der Waals surface area contributed by atoms with Crippen molar-refractivity contribution < 1.29 is 0 Å². The van der Waals surface area contributed by atoms with Crippen molar-refractivity contribution in [3.05, 3.63) is 0 Å². The van der Waals surface area contributed by atoms with Crippen molar-refractivity contribution >= 4 is 11.8 Å². The molecular formula is C6H13ClN2. The predicted molar refractivity (Wildman–Crippen MR) is 39.5 cm³/mol. The number of nitrogens with one attached hydrogen (secondary N) is 1. The van der Waals surface area contributed by atoms with Crippen LogP contribution >= 0.6 is 11.8 Å². The smallest absolute Gasteiger partial charge is 0.0153 e.